The molecule has 2 aliphatic rings. The summed E-state index contributed by atoms with van der Waals surface area (Å²) in [6.45, 7) is 2.93. The van der Waals surface area contributed by atoms with Gasteiger partial charge in [-0.15, -0.1) is 0 Å². The molecule has 2 heterocycles. The zero-order valence-electron chi connectivity index (χ0n) is 18.4. The summed E-state index contributed by atoms with van der Waals surface area (Å²) in [5.41, 5.74) is -0.132. The topological polar surface area (TPSA) is 114 Å². The Morgan fingerprint density at radius 1 is 0.875 bits per heavy atom. The van der Waals surface area contributed by atoms with Crippen LogP contribution in [0.5, 0.6) is 0 Å². The summed E-state index contributed by atoms with van der Waals surface area (Å²) in [4.78, 5) is 40.1. The van der Waals surface area contributed by atoms with E-state index in [0.717, 1.165) is 45.5 Å². The van der Waals surface area contributed by atoms with Crippen LogP contribution < -0.4 is 0 Å². The van der Waals surface area contributed by atoms with Gasteiger partial charge < -0.3 is 14.4 Å². The van der Waals surface area contributed by atoms with E-state index < -0.39 is 22.0 Å². The number of ether oxygens (including phenoxy) is 2. The number of sulfonamides is 1. The van der Waals surface area contributed by atoms with Gasteiger partial charge in [-0.3, -0.25) is 9.69 Å². The van der Waals surface area contributed by atoms with Crippen molar-refractivity contribution < 1.29 is 32.3 Å². The fraction of sp³-hybridized carbons (Fsp3) is 0.571. The molecule has 32 heavy (non-hydrogen) atoms. The zero-order valence-corrected chi connectivity index (χ0v) is 19.2. The number of carbonyl (C=O) groups excluding carboxylic acids is 3. The number of benzene rings is 1. The minimum absolute atomic E-state index is 0.0180. The molecule has 3 rings (SSSR count). The second kappa shape index (κ2) is 10.4. The molecule has 0 aliphatic carbocycles. The van der Waals surface area contributed by atoms with Crippen LogP contribution in [-0.4, -0.2) is 100 Å². The van der Waals surface area contributed by atoms with Gasteiger partial charge in [-0.25, -0.2) is 18.0 Å². The van der Waals surface area contributed by atoms with Gasteiger partial charge in [-0.05, 0) is 37.5 Å². The van der Waals surface area contributed by atoms with E-state index in [1.54, 1.807) is 0 Å². The number of methoxy groups -OCH3 is 2. The Bertz CT molecular complexity index is 966. The Morgan fingerprint density at radius 3 is 2.09 bits per heavy atom. The number of carbonyl (C=O) groups is 3. The average molecular weight is 468 g/mol. The van der Waals surface area contributed by atoms with Crippen molar-refractivity contribution >= 4 is 27.9 Å². The first-order chi connectivity index (χ1) is 15.3. The fourth-order valence-electron chi connectivity index (χ4n) is 3.96. The molecule has 0 atom stereocenters. The van der Waals surface area contributed by atoms with Gasteiger partial charge in [0.1, 0.15) is 0 Å². The lowest BCUT2D eigenvalue weighted by Gasteiger charge is -2.35. The third kappa shape index (κ3) is 5.28. The van der Waals surface area contributed by atoms with E-state index in [1.807, 2.05) is 9.80 Å². The van der Waals surface area contributed by atoms with Gasteiger partial charge in [0.25, 0.3) is 0 Å². The summed E-state index contributed by atoms with van der Waals surface area (Å²) >= 11 is 0. The molecule has 1 aromatic carbocycles. The van der Waals surface area contributed by atoms with Crippen LogP contribution in [0.15, 0.2) is 23.1 Å². The normalized spacial score (nSPS) is 18.2. The summed E-state index contributed by atoms with van der Waals surface area (Å²) in [7, 11) is -1.73. The smallest absolute Gasteiger partial charge is 0.339 e. The second-order valence-electron chi connectivity index (χ2n) is 7.82. The van der Waals surface area contributed by atoms with Crippen LogP contribution in [0.25, 0.3) is 0 Å². The SMILES string of the molecule is COC(=O)c1ccc(C(=O)OC)c(S(=O)(=O)N2CCN(CC(=O)N3CCCCC3)CC2)c1. The van der Waals surface area contributed by atoms with E-state index in [-0.39, 0.29) is 41.6 Å². The van der Waals surface area contributed by atoms with Crippen molar-refractivity contribution in [2.75, 3.05) is 60.0 Å². The molecule has 0 spiro atoms. The molecule has 2 aliphatic heterocycles. The molecule has 0 N–H and O–H groups in total. The number of hydrogen-bond acceptors (Lipinski definition) is 8. The van der Waals surface area contributed by atoms with Crippen LogP contribution in [0.2, 0.25) is 0 Å². The molecule has 0 saturated carbocycles. The maximum absolute atomic E-state index is 13.3. The molecule has 2 fully saturated rings. The third-order valence-electron chi connectivity index (χ3n) is 5.82. The number of amides is 1. The van der Waals surface area contributed by atoms with Crippen molar-refractivity contribution in [1.82, 2.24) is 14.1 Å². The minimum atomic E-state index is -4.08. The highest BCUT2D eigenvalue weighted by Crippen LogP contribution is 2.24. The van der Waals surface area contributed by atoms with Crippen molar-refractivity contribution in [2.24, 2.45) is 0 Å². The molecule has 0 unspecified atom stereocenters. The van der Waals surface area contributed by atoms with Crippen LogP contribution in [0.3, 0.4) is 0 Å². The zero-order chi connectivity index (χ0) is 23.3. The van der Waals surface area contributed by atoms with Crippen molar-refractivity contribution in [3.05, 3.63) is 29.3 Å². The molecule has 0 radical (unpaired) electrons. The summed E-state index contributed by atoms with van der Waals surface area (Å²) in [6.07, 6.45) is 3.18. The summed E-state index contributed by atoms with van der Waals surface area (Å²) in [6, 6.07) is 3.71. The molecule has 11 heteroatoms. The fourth-order valence-corrected chi connectivity index (χ4v) is 5.59. The molecular formula is C21H29N3O7S. The number of piperazine rings is 1. The molecular weight excluding hydrogens is 438 g/mol. The number of hydrogen-bond donors (Lipinski definition) is 0. The van der Waals surface area contributed by atoms with Crippen LogP contribution in [0.4, 0.5) is 0 Å². The lowest BCUT2D eigenvalue weighted by molar-refractivity contribution is -0.133. The van der Waals surface area contributed by atoms with Crippen molar-refractivity contribution in [1.29, 1.82) is 0 Å². The van der Waals surface area contributed by atoms with Gasteiger partial charge in [0, 0.05) is 39.3 Å². The van der Waals surface area contributed by atoms with Crippen molar-refractivity contribution in [3.63, 3.8) is 0 Å². The summed E-state index contributed by atoms with van der Waals surface area (Å²) in [5, 5.41) is 0. The van der Waals surface area contributed by atoms with Crippen LogP contribution in [-0.2, 0) is 24.3 Å². The van der Waals surface area contributed by atoms with Crippen molar-refractivity contribution in [3.8, 4) is 0 Å². The van der Waals surface area contributed by atoms with Gasteiger partial charge in [-0.1, -0.05) is 0 Å². The Hall–Kier alpha value is -2.50. The average Bonchev–Trinajstić information content (AvgIpc) is 2.83. The molecule has 176 valence electrons. The number of esters is 2. The number of piperidine rings is 1. The first kappa shape index (κ1) is 24.1. The summed E-state index contributed by atoms with van der Waals surface area (Å²) < 4.78 is 37.3. The molecule has 0 bridgehead atoms. The summed E-state index contributed by atoms with van der Waals surface area (Å²) in [5.74, 6) is -1.45. The Morgan fingerprint density at radius 2 is 1.50 bits per heavy atom. The first-order valence-electron chi connectivity index (χ1n) is 10.6. The lowest BCUT2D eigenvalue weighted by Crippen LogP contribution is -2.52. The van der Waals surface area contributed by atoms with Gasteiger partial charge in [-0.2, -0.15) is 4.31 Å². The number of likely N-dealkylation sites (tertiary alicyclic amines) is 1. The second-order valence-corrected chi connectivity index (χ2v) is 9.72. The van der Waals surface area contributed by atoms with E-state index in [1.165, 1.54) is 23.5 Å². The molecule has 1 aromatic rings. The highest BCUT2D eigenvalue weighted by Gasteiger charge is 2.33. The van der Waals surface area contributed by atoms with Crippen LogP contribution >= 0.6 is 0 Å². The van der Waals surface area contributed by atoms with E-state index in [9.17, 15) is 22.8 Å². The first-order valence-corrected chi connectivity index (χ1v) is 12.0. The standard InChI is InChI=1S/C21H29N3O7S/c1-30-20(26)16-6-7-17(21(27)31-2)18(14-16)32(28,29)24-12-10-22(11-13-24)15-19(25)23-8-4-3-5-9-23/h6-7,14H,3-5,8-13,15H2,1-2H3. The Kier molecular flexibility index (Phi) is 7.86. The van der Waals surface area contributed by atoms with E-state index in [4.69, 9.17) is 4.74 Å². The minimum Gasteiger partial charge on any atom is -0.465 e. The predicted octanol–water partition coefficient (Wildman–Crippen LogP) is 0.579. The van der Waals surface area contributed by atoms with Gasteiger partial charge in [0.05, 0.1) is 36.8 Å². The van der Waals surface area contributed by atoms with E-state index in [2.05, 4.69) is 4.74 Å². The maximum atomic E-state index is 13.3. The van der Waals surface area contributed by atoms with E-state index in [0.29, 0.717) is 13.1 Å². The molecule has 0 aromatic heterocycles. The molecule has 2 saturated heterocycles. The monoisotopic (exact) mass is 467 g/mol. The molecule has 10 nitrogen and oxygen atoms in total. The highest BCUT2D eigenvalue weighted by atomic mass is 32.2. The van der Waals surface area contributed by atoms with Crippen molar-refractivity contribution in [2.45, 2.75) is 24.2 Å². The van der Waals surface area contributed by atoms with Gasteiger partial charge in [0.15, 0.2) is 0 Å². The highest BCUT2D eigenvalue weighted by molar-refractivity contribution is 7.89. The van der Waals surface area contributed by atoms with Crippen LogP contribution in [0.1, 0.15) is 40.0 Å². The van der Waals surface area contributed by atoms with Gasteiger partial charge in [0.2, 0.25) is 15.9 Å². The lowest BCUT2D eigenvalue weighted by atomic mass is 10.1. The Balaban J connectivity index is 1.73. The number of rotatable bonds is 6. The largest absolute Gasteiger partial charge is 0.465 e. The quantitative estimate of drug-likeness (QED) is 0.558. The third-order valence-corrected chi connectivity index (χ3v) is 7.76. The number of nitrogens with zero attached hydrogens (tertiary/aromatic N) is 3. The van der Waals surface area contributed by atoms with Crippen LogP contribution in [0, 0.1) is 0 Å². The maximum Gasteiger partial charge on any atom is 0.339 e. The van der Waals surface area contributed by atoms with Gasteiger partial charge >= 0.3 is 11.9 Å². The Labute approximate surface area is 188 Å². The molecule has 1 amide bonds. The predicted molar refractivity (Wildman–Crippen MR) is 115 cm³/mol. The van der Waals surface area contributed by atoms with E-state index >= 15 is 0 Å².